The van der Waals surface area contributed by atoms with Crippen molar-refractivity contribution in [3.05, 3.63) is 41.2 Å². The van der Waals surface area contributed by atoms with Crippen molar-refractivity contribution < 1.29 is 14.3 Å². The number of hydrogen-bond acceptors (Lipinski definition) is 4. The highest BCUT2D eigenvalue weighted by atomic mass is 16.5. The summed E-state index contributed by atoms with van der Waals surface area (Å²) in [6, 6.07) is 8.28. The third-order valence-corrected chi connectivity index (χ3v) is 5.93. The molecule has 6 heteroatoms. The molecule has 0 spiro atoms. The highest BCUT2D eigenvalue weighted by molar-refractivity contribution is 5.79. The number of nitrogens with zero attached hydrogens (tertiary/aromatic N) is 3. The van der Waals surface area contributed by atoms with Crippen LogP contribution in [0.2, 0.25) is 0 Å². The highest BCUT2D eigenvalue weighted by Gasteiger charge is 2.27. The van der Waals surface area contributed by atoms with Crippen LogP contribution in [0.3, 0.4) is 0 Å². The van der Waals surface area contributed by atoms with Crippen molar-refractivity contribution in [1.82, 2.24) is 14.7 Å². The van der Waals surface area contributed by atoms with Gasteiger partial charge in [0.2, 0.25) is 5.91 Å². The molecule has 3 rings (SSSR count). The summed E-state index contributed by atoms with van der Waals surface area (Å²) in [5.41, 5.74) is 3.40. The third kappa shape index (κ3) is 4.79. The second-order valence-electron chi connectivity index (χ2n) is 8.73. The van der Waals surface area contributed by atoms with Crippen LogP contribution in [0.15, 0.2) is 24.3 Å². The van der Waals surface area contributed by atoms with Crippen LogP contribution in [0.1, 0.15) is 75.4 Å². The molecule has 0 N–H and O–H groups in total. The van der Waals surface area contributed by atoms with Gasteiger partial charge in [-0.2, -0.15) is 5.10 Å². The predicted octanol–water partition coefficient (Wildman–Crippen LogP) is 4.55. The summed E-state index contributed by atoms with van der Waals surface area (Å²) in [4.78, 5) is 14.8. The molecule has 1 aliphatic rings. The van der Waals surface area contributed by atoms with Crippen molar-refractivity contribution in [3.63, 3.8) is 0 Å². The van der Waals surface area contributed by atoms with Gasteiger partial charge in [-0.1, -0.05) is 33.8 Å². The lowest BCUT2D eigenvalue weighted by atomic mass is 10.0. The fourth-order valence-corrected chi connectivity index (χ4v) is 4.07. The van der Waals surface area contributed by atoms with Gasteiger partial charge in [0.05, 0.1) is 32.4 Å². The van der Waals surface area contributed by atoms with Gasteiger partial charge in [0.25, 0.3) is 0 Å². The minimum atomic E-state index is 0.160. The Hall–Kier alpha value is -2.50. The summed E-state index contributed by atoms with van der Waals surface area (Å²) in [6.45, 7) is 10.4. The number of carbonyl (C=O) groups is 1. The topological polar surface area (TPSA) is 56.6 Å². The van der Waals surface area contributed by atoms with Crippen molar-refractivity contribution in [2.24, 2.45) is 0 Å². The van der Waals surface area contributed by atoms with Gasteiger partial charge in [0.1, 0.15) is 0 Å². The molecule has 1 aromatic heterocycles. The molecule has 1 aliphatic heterocycles. The minimum Gasteiger partial charge on any atom is -0.493 e. The third-order valence-electron chi connectivity index (χ3n) is 5.93. The molecule has 0 saturated carbocycles. The average Bonchev–Trinajstić information content (AvgIpc) is 3.20. The molecular weight excluding hydrogens is 378 g/mol. The zero-order valence-corrected chi connectivity index (χ0v) is 19.1. The number of piperidine rings is 1. The summed E-state index contributed by atoms with van der Waals surface area (Å²) >= 11 is 0. The number of carbonyl (C=O) groups excluding carboxylic acids is 1. The number of methoxy groups -OCH3 is 2. The van der Waals surface area contributed by atoms with Crippen molar-refractivity contribution in [2.45, 2.75) is 64.8 Å². The molecule has 1 saturated heterocycles. The Morgan fingerprint density at radius 3 is 2.27 bits per heavy atom. The van der Waals surface area contributed by atoms with Gasteiger partial charge in [-0.3, -0.25) is 9.48 Å². The maximum atomic E-state index is 12.9. The van der Waals surface area contributed by atoms with Crippen molar-refractivity contribution >= 4 is 5.91 Å². The fourth-order valence-electron chi connectivity index (χ4n) is 4.07. The maximum absolute atomic E-state index is 12.9. The first-order valence-corrected chi connectivity index (χ1v) is 10.9. The summed E-state index contributed by atoms with van der Waals surface area (Å²) in [6.07, 6.45) is 2.26. The van der Waals surface area contributed by atoms with Gasteiger partial charge in [0, 0.05) is 18.8 Å². The Morgan fingerprint density at radius 1 is 1.03 bits per heavy atom. The zero-order valence-electron chi connectivity index (χ0n) is 19.1. The summed E-state index contributed by atoms with van der Waals surface area (Å²) in [7, 11) is 3.22. The lowest BCUT2D eigenvalue weighted by Crippen LogP contribution is -2.40. The van der Waals surface area contributed by atoms with Crippen LogP contribution in [0.4, 0.5) is 0 Å². The standard InChI is InChI=1S/C24H35N3O3/c1-16(2)20-15-21(17(3)4)27(25-20)19-9-11-26(12-10-19)24(28)14-18-7-8-22(29-5)23(13-18)30-6/h7-8,13,15-17,19H,9-12,14H2,1-6H3. The van der Waals surface area contributed by atoms with E-state index in [1.54, 1.807) is 14.2 Å². The van der Waals surface area contributed by atoms with Gasteiger partial charge in [-0.05, 0) is 48.4 Å². The highest BCUT2D eigenvalue weighted by Crippen LogP contribution is 2.30. The molecule has 1 aromatic carbocycles. The fraction of sp³-hybridized carbons (Fsp3) is 0.583. The van der Waals surface area contributed by atoms with E-state index >= 15 is 0 Å². The van der Waals surface area contributed by atoms with E-state index in [-0.39, 0.29) is 5.91 Å². The van der Waals surface area contributed by atoms with Crippen molar-refractivity contribution in [3.8, 4) is 11.5 Å². The van der Waals surface area contributed by atoms with Crippen LogP contribution in [0, 0.1) is 0 Å². The van der Waals surface area contributed by atoms with Gasteiger partial charge in [0.15, 0.2) is 11.5 Å². The first kappa shape index (κ1) is 22.2. The van der Waals surface area contributed by atoms with E-state index in [0.717, 1.165) is 37.2 Å². The summed E-state index contributed by atoms with van der Waals surface area (Å²) < 4.78 is 12.9. The number of ether oxygens (including phenoxy) is 2. The van der Waals surface area contributed by atoms with Gasteiger partial charge < -0.3 is 14.4 Å². The monoisotopic (exact) mass is 413 g/mol. The van der Waals surface area contributed by atoms with Crippen molar-refractivity contribution in [2.75, 3.05) is 27.3 Å². The van der Waals surface area contributed by atoms with E-state index < -0.39 is 0 Å². The molecule has 30 heavy (non-hydrogen) atoms. The SMILES string of the molecule is COc1ccc(CC(=O)N2CCC(n3nc(C(C)C)cc3C(C)C)CC2)cc1OC. The van der Waals surface area contributed by atoms with E-state index in [9.17, 15) is 4.79 Å². The maximum Gasteiger partial charge on any atom is 0.226 e. The van der Waals surface area contributed by atoms with Crippen LogP contribution in [0.5, 0.6) is 11.5 Å². The van der Waals surface area contributed by atoms with E-state index in [4.69, 9.17) is 14.6 Å². The molecule has 1 amide bonds. The second-order valence-corrected chi connectivity index (χ2v) is 8.73. The Morgan fingerprint density at radius 2 is 1.70 bits per heavy atom. The average molecular weight is 414 g/mol. The smallest absolute Gasteiger partial charge is 0.226 e. The van der Waals surface area contributed by atoms with Crippen LogP contribution in [-0.2, 0) is 11.2 Å². The molecule has 1 fully saturated rings. The number of amides is 1. The van der Waals surface area contributed by atoms with E-state index in [2.05, 4.69) is 38.4 Å². The van der Waals surface area contributed by atoms with E-state index in [0.29, 0.717) is 35.8 Å². The predicted molar refractivity (Wildman–Crippen MR) is 119 cm³/mol. The Balaban J connectivity index is 1.64. The zero-order chi connectivity index (χ0) is 21.8. The number of benzene rings is 1. The normalized spacial score (nSPS) is 15.1. The van der Waals surface area contributed by atoms with Crippen LogP contribution < -0.4 is 9.47 Å². The van der Waals surface area contributed by atoms with Crippen molar-refractivity contribution in [1.29, 1.82) is 0 Å². The Bertz CT molecular complexity index is 865. The van der Waals surface area contributed by atoms with Crippen LogP contribution in [0.25, 0.3) is 0 Å². The lowest BCUT2D eigenvalue weighted by molar-refractivity contribution is -0.131. The largest absolute Gasteiger partial charge is 0.493 e. The molecule has 6 nitrogen and oxygen atoms in total. The molecule has 0 radical (unpaired) electrons. The van der Waals surface area contributed by atoms with Crippen LogP contribution in [-0.4, -0.2) is 47.9 Å². The minimum absolute atomic E-state index is 0.160. The number of hydrogen-bond donors (Lipinski definition) is 0. The van der Waals surface area contributed by atoms with E-state index in [1.165, 1.54) is 5.69 Å². The van der Waals surface area contributed by atoms with Crippen LogP contribution >= 0.6 is 0 Å². The molecule has 164 valence electrons. The number of likely N-dealkylation sites (tertiary alicyclic amines) is 1. The molecule has 0 unspecified atom stereocenters. The molecule has 0 bridgehead atoms. The quantitative estimate of drug-likeness (QED) is 0.668. The summed E-state index contributed by atoms with van der Waals surface area (Å²) in [5, 5.41) is 4.92. The van der Waals surface area contributed by atoms with Gasteiger partial charge in [-0.25, -0.2) is 0 Å². The summed E-state index contributed by atoms with van der Waals surface area (Å²) in [5.74, 6) is 2.35. The molecular formula is C24H35N3O3. The molecule has 2 heterocycles. The molecule has 2 aromatic rings. The Kier molecular flexibility index (Phi) is 7.06. The lowest BCUT2D eigenvalue weighted by Gasteiger charge is -2.33. The van der Waals surface area contributed by atoms with E-state index in [1.807, 2.05) is 23.1 Å². The molecule has 0 atom stereocenters. The number of aromatic nitrogens is 2. The number of rotatable bonds is 7. The molecule has 0 aliphatic carbocycles. The first-order valence-electron chi connectivity index (χ1n) is 10.9. The second kappa shape index (κ2) is 9.54. The first-order chi connectivity index (χ1) is 14.3. The Labute approximate surface area is 180 Å². The van der Waals surface area contributed by atoms with Gasteiger partial charge in [-0.15, -0.1) is 0 Å². The van der Waals surface area contributed by atoms with Gasteiger partial charge >= 0.3 is 0 Å².